The zero-order chi connectivity index (χ0) is 17.5. The first-order valence-corrected chi connectivity index (χ1v) is 8.83. The molecule has 24 heavy (non-hydrogen) atoms. The van der Waals surface area contributed by atoms with Gasteiger partial charge in [0.15, 0.2) is 6.61 Å². The highest BCUT2D eigenvalue weighted by Crippen LogP contribution is 2.21. The Hall–Kier alpha value is -2.34. The molecule has 2 rings (SSSR count). The van der Waals surface area contributed by atoms with Crippen LogP contribution >= 0.6 is 11.8 Å². The first kappa shape index (κ1) is 18.0. The molecular formula is C18H20N2O3S. The van der Waals surface area contributed by atoms with E-state index in [1.54, 1.807) is 18.3 Å². The maximum atomic E-state index is 12.1. The van der Waals surface area contributed by atoms with Crippen molar-refractivity contribution in [2.45, 2.75) is 25.3 Å². The third kappa shape index (κ3) is 4.35. The number of anilines is 1. The minimum atomic E-state index is -0.553. The van der Waals surface area contributed by atoms with Crippen molar-refractivity contribution in [2.24, 2.45) is 0 Å². The summed E-state index contributed by atoms with van der Waals surface area (Å²) in [6, 6.07) is 9.15. The second-order valence-corrected chi connectivity index (χ2v) is 5.94. The summed E-state index contributed by atoms with van der Waals surface area (Å²) in [4.78, 5) is 28.3. The molecule has 0 spiro atoms. The van der Waals surface area contributed by atoms with Crippen LogP contribution in [0.5, 0.6) is 0 Å². The Kier molecular flexibility index (Phi) is 6.37. The predicted molar refractivity (Wildman–Crippen MR) is 95.5 cm³/mol. The summed E-state index contributed by atoms with van der Waals surface area (Å²) in [5, 5.41) is 3.41. The van der Waals surface area contributed by atoms with Crippen molar-refractivity contribution in [1.82, 2.24) is 4.98 Å². The van der Waals surface area contributed by atoms with Crippen LogP contribution in [0.4, 0.5) is 5.69 Å². The van der Waals surface area contributed by atoms with E-state index >= 15 is 0 Å². The Bertz CT molecular complexity index is 747. The summed E-state index contributed by atoms with van der Waals surface area (Å²) in [6.45, 7) is 3.62. The number of aromatic nitrogens is 1. The number of nitrogens with one attached hydrogen (secondary N) is 1. The highest BCUT2D eigenvalue weighted by atomic mass is 32.2. The lowest BCUT2D eigenvalue weighted by Crippen LogP contribution is -2.22. The van der Waals surface area contributed by atoms with Gasteiger partial charge in [0.05, 0.1) is 5.56 Å². The van der Waals surface area contributed by atoms with Gasteiger partial charge < -0.3 is 10.1 Å². The zero-order valence-corrected chi connectivity index (χ0v) is 14.8. The number of nitrogens with zero attached hydrogens (tertiary/aromatic N) is 1. The second-order valence-electron chi connectivity index (χ2n) is 5.15. The number of hydrogen-bond donors (Lipinski definition) is 1. The number of rotatable bonds is 6. The smallest absolute Gasteiger partial charge is 0.341 e. The highest BCUT2D eigenvalue weighted by molar-refractivity contribution is 7.98. The number of thioether (sulfide) groups is 1. The van der Waals surface area contributed by atoms with E-state index in [1.807, 2.05) is 38.3 Å². The number of carbonyl (C=O) groups excluding carboxylic acids is 2. The van der Waals surface area contributed by atoms with Crippen LogP contribution in [-0.2, 0) is 16.0 Å². The molecule has 0 unspecified atom stereocenters. The van der Waals surface area contributed by atoms with Crippen LogP contribution in [0.25, 0.3) is 0 Å². The predicted octanol–water partition coefficient (Wildman–Crippen LogP) is 3.47. The van der Waals surface area contributed by atoms with E-state index in [4.69, 9.17) is 4.74 Å². The fourth-order valence-electron chi connectivity index (χ4n) is 2.30. The Morgan fingerprint density at radius 1 is 1.25 bits per heavy atom. The quantitative estimate of drug-likeness (QED) is 0.642. The van der Waals surface area contributed by atoms with Gasteiger partial charge in [0.2, 0.25) is 0 Å². The molecule has 1 N–H and O–H groups in total. The molecule has 2 aromatic rings. The van der Waals surface area contributed by atoms with Gasteiger partial charge >= 0.3 is 5.97 Å². The van der Waals surface area contributed by atoms with Crippen LogP contribution in [0.2, 0.25) is 0 Å². The van der Waals surface area contributed by atoms with Crippen molar-refractivity contribution in [3.63, 3.8) is 0 Å². The third-order valence-electron chi connectivity index (χ3n) is 3.52. The summed E-state index contributed by atoms with van der Waals surface area (Å²) in [7, 11) is 0. The molecule has 0 saturated carbocycles. The van der Waals surface area contributed by atoms with Gasteiger partial charge in [-0.15, -0.1) is 11.8 Å². The van der Waals surface area contributed by atoms with Crippen LogP contribution in [0.15, 0.2) is 41.6 Å². The molecule has 1 amide bonds. The molecule has 0 bridgehead atoms. The monoisotopic (exact) mass is 344 g/mol. The highest BCUT2D eigenvalue weighted by Gasteiger charge is 2.15. The Morgan fingerprint density at radius 3 is 2.75 bits per heavy atom. The van der Waals surface area contributed by atoms with Crippen LogP contribution in [0, 0.1) is 6.92 Å². The molecule has 0 saturated heterocycles. The maximum Gasteiger partial charge on any atom is 0.341 e. The number of amides is 1. The summed E-state index contributed by atoms with van der Waals surface area (Å²) in [6.07, 6.45) is 4.25. The molecule has 1 aromatic carbocycles. The van der Waals surface area contributed by atoms with E-state index in [0.29, 0.717) is 10.6 Å². The van der Waals surface area contributed by atoms with Crippen molar-refractivity contribution in [1.29, 1.82) is 0 Å². The topological polar surface area (TPSA) is 68.3 Å². The molecule has 1 aromatic heterocycles. The molecule has 1 heterocycles. The van der Waals surface area contributed by atoms with E-state index < -0.39 is 5.97 Å². The number of benzene rings is 1. The number of pyridine rings is 1. The standard InChI is InChI=1S/C18H20N2O3S/c1-4-13-8-5-7-12(2)16(13)20-15(21)11-23-18(22)14-9-6-10-19-17(14)24-3/h5-10H,4,11H2,1-3H3,(H,20,21). The molecule has 6 heteroatoms. The first-order valence-electron chi connectivity index (χ1n) is 7.61. The lowest BCUT2D eigenvalue weighted by Gasteiger charge is -2.13. The fraction of sp³-hybridized carbons (Fsp3) is 0.278. The average Bonchev–Trinajstić information content (AvgIpc) is 2.61. The van der Waals surface area contributed by atoms with Gasteiger partial charge in [-0.05, 0) is 42.9 Å². The molecule has 0 aliphatic rings. The second kappa shape index (κ2) is 8.49. The third-order valence-corrected chi connectivity index (χ3v) is 4.24. The molecular weight excluding hydrogens is 324 g/mol. The number of carbonyl (C=O) groups is 2. The summed E-state index contributed by atoms with van der Waals surface area (Å²) < 4.78 is 5.11. The van der Waals surface area contributed by atoms with Gasteiger partial charge in [-0.1, -0.05) is 25.1 Å². The number of aryl methyl sites for hydroxylation is 2. The fourth-order valence-corrected chi connectivity index (χ4v) is 2.83. The zero-order valence-electron chi connectivity index (χ0n) is 14.0. The van der Waals surface area contributed by atoms with Crippen LogP contribution in [-0.4, -0.2) is 29.7 Å². The SMILES string of the molecule is CCc1cccc(C)c1NC(=O)COC(=O)c1cccnc1SC. The van der Waals surface area contributed by atoms with Crippen molar-refractivity contribution in [2.75, 3.05) is 18.2 Å². The minimum absolute atomic E-state index is 0.334. The van der Waals surface area contributed by atoms with E-state index in [9.17, 15) is 9.59 Å². The van der Waals surface area contributed by atoms with Gasteiger partial charge in [0, 0.05) is 11.9 Å². The molecule has 0 radical (unpaired) electrons. The van der Waals surface area contributed by atoms with E-state index in [-0.39, 0.29) is 12.5 Å². The average molecular weight is 344 g/mol. The number of para-hydroxylation sites is 1. The largest absolute Gasteiger partial charge is 0.452 e. The van der Waals surface area contributed by atoms with Crippen LogP contribution in [0.3, 0.4) is 0 Å². The lowest BCUT2D eigenvalue weighted by molar-refractivity contribution is -0.119. The van der Waals surface area contributed by atoms with Crippen LogP contribution in [0.1, 0.15) is 28.4 Å². The lowest BCUT2D eigenvalue weighted by atomic mass is 10.1. The Labute approximate surface area is 145 Å². The molecule has 0 aliphatic carbocycles. The van der Waals surface area contributed by atoms with E-state index in [0.717, 1.165) is 23.2 Å². The van der Waals surface area contributed by atoms with Crippen LogP contribution < -0.4 is 5.32 Å². The van der Waals surface area contributed by atoms with E-state index in [2.05, 4.69) is 10.3 Å². The molecule has 0 aliphatic heterocycles. The number of esters is 1. The van der Waals surface area contributed by atoms with E-state index in [1.165, 1.54) is 11.8 Å². The Morgan fingerprint density at radius 2 is 2.04 bits per heavy atom. The first-order chi connectivity index (χ1) is 11.6. The Balaban J connectivity index is 2.00. The van der Waals surface area contributed by atoms with Gasteiger partial charge in [0.25, 0.3) is 5.91 Å². The van der Waals surface area contributed by atoms with Crippen molar-refractivity contribution >= 4 is 29.3 Å². The van der Waals surface area contributed by atoms with Gasteiger partial charge in [-0.25, -0.2) is 9.78 Å². The number of ether oxygens (including phenoxy) is 1. The summed E-state index contributed by atoms with van der Waals surface area (Å²) in [5.41, 5.74) is 3.17. The maximum absolute atomic E-state index is 12.1. The molecule has 5 nitrogen and oxygen atoms in total. The minimum Gasteiger partial charge on any atom is -0.452 e. The summed E-state index contributed by atoms with van der Waals surface area (Å²) in [5.74, 6) is -0.912. The summed E-state index contributed by atoms with van der Waals surface area (Å²) >= 11 is 1.36. The van der Waals surface area contributed by atoms with Gasteiger partial charge in [-0.2, -0.15) is 0 Å². The molecule has 0 atom stereocenters. The molecule has 0 fully saturated rings. The number of hydrogen-bond acceptors (Lipinski definition) is 5. The van der Waals surface area contributed by atoms with Gasteiger partial charge in [-0.3, -0.25) is 4.79 Å². The van der Waals surface area contributed by atoms with Crippen molar-refractivity contribution < 1.29 is 14.3 Å². The normalized spacial score (nSPS) is 10.3. The van der Waals surface area contributed by atoms with Crippen molar-refractivity contribution in [3.8, 4) is 0 Å². The van der Waals surface area contributed by atoms with Crippen molar-refractivity contribution in [3.05, 3.63) is 53.2 Å². The van der Waals surface area contributed by atoms with Gasteiger partial charge in [0.1, 0.15) is 5.03 Å². The molecule has 126 valence electrons.